The van der Waals surface area contributed by atoms with Gasteiger partial charge >= 0.3 is 0 Å². The van der Waals surface area contributed by atoms with Gasteiger partial charge in [-0.1, -0.05) is 42.5 Å². The molecule has 0 bridgehead atoms. The Morgan fingerprint density at radius 1 is 0.964 bits per heavy atom. The number of hydrogen-bond acceptors (Lipinski definition) is 3. The Hall–Kier alpha value is -2.95. The van der Waals surface area contributed by atoms with E-state index in [4.69, 9.17) is 0 Å². The predicted octanol–water partition coefficient (Wildman–Crippen LogP) is 3.29. The van der Waals surface area contributed by atoms with Crippen molar-refractivity contribution in [3.63, 3.8) is 0 Å². The van der Waals surface area contributed by atoms with Crippen molar-refractivity contribution < 1.29 is 14.4 Å². The van der Waals surface area contributed by atoms with Crippen LogP contribution in [0.1, 0.15) is 52.5 Å². The van der Waals surface area contributed by atoms with Crippen LogP contribution in [0.2, 0.25) is 0 Å². The van der Waals surface area contributed by atoms with E-state index in [2.05, 4.69) is 0 Å². The molecule has 2 aromatic carbocycles. The molecule has 1 saturated heterocycles. The molecule has 28 heavy (non-hydrogen) atoms. The number of likely N-dealkylation sites (tertiary alicyclic amines) is 1. The van der Waals surface area contributed by atoms with Crippen LogP contribution in [0, 0.1) is 0 Å². The van der Waals surface area contributed by atoms with Crippen molar-refractivity contribution in [3.05, 3.63) is 71.3 Å². The van der Waals surface area contributed by atoms with Crippen molar-refractivity contribution in [2.75, 3.05) is 6.54 Å². The van der Waals surface area contributed by atoms with Gasteiger partial charge in [-0.3, -0.25) is 19.3 Å². The Labute approximate surface area is 164 Å². The Morgan fingerprint density at radius 2 is 1.57 bits per heavy atom. The molecule has 0 radical (unpaired) electrons. The first-order valence-electron chi connectivity index (χ1n) is 9.89. The van der Waals surface area contributed by atoms with Crippen LogP contribution in [-0.2, 0) is 11.2 Å². The number of imide groups is 1. The zero-order valence-electron chi connectivity index (χ0n) is 16.0. The second-order valence-electron chi connectivity index (χ2n) is 7.61. The van der Waals surface area contributed by atoms with Crippen molar-refractivity contribution in [2.24, 2.45) is 0 Å². The van der Waals surface area contributed by atoms with E-state index in [1.165, 1.54) is 4.90 Å². The molecule has 5 heteroatoms. The fourth-order valence-corrected chi connectivity index (χ4v) is 4.23. The molecule has 0 aromatic heterocycles. The minimum Gasteiger partial charge on any atom is -0.338 e. The first-order valence-corrected chi connectivity index (χ1v) is 9.89. The summed E-state index contributed by atoms with van der Waals surface area (Å²) in [6.07, 6.45) is 3.33. The number of fused-ring (bicyclic) bond motifs is 1. The third kappa shape index (κ3) is 3.21. The molecule has 144 valence electrons. The third-order valence-corrected chi connectivity index (χ3v) is 5.78. The lowest BCUT2D eigenvalue weighted by Gasteiger charge is -2.38. The maximum absolute atomic E-state index is 13.5. The molecule has 5 nitrogen and oxygen atoms in total. The van der Waals surface area contributed by atoms with Gasteiger partial charge in [0.25, 0.3) is 11.8 Å². The number of hydrogen-bond donors (Lipinski definition) is 0. The quantitative estimate of drug-likeness (QED) is 0.770. The summed E-state index contributed by atoms with van der Waals surface area (Å²) in [6, 6.07) is 15.7. The first kappa shape index (κ1) is 18.4. The molecule has 3 amide bonds. The van der Waals surface area contributed by atoms with Gasteiger partial charge in [-0.05, 0) is 43.9 Å². The highest BCUT2D eigenvalue weighted by molar-refractivity contribution is 6.22. The van der Waals surface area contributed by atoms with E-state index >= 15 is 0 Å². The molecule has 2 heterocycles. The van der Waals surface area contributed by atoms with E-state index in [0.29, 0.717) is 24.1 Å². The summed E-state index contributed by atoms with van der Waals surface area (Å²) in [5.74, 6) is -0.885. The lowest BCUT2D eigenvalue weighted by atomic mass is 9.99. The molecule has 1 fully saturated rings. The van der Waals surface area contributed by atoms with Gasteiger partial charge in [0.05, 0.1) is 11.1 Å². The minimum absolute atomic E-state index is 0.120. The zero-order chi connectivity index (χ0) is 19.7. The molecular weight excluding hydrogens is 352 g/mol. The van der Waals surface area contributed by atoms with Crippen LogP contribution in [0.25, 0.3) is 0 Å². The van der Waals surface area contributed by atoms with Crippen molar-refractivity contribution in [1.82, 2.24) is 9.80 Å². The molecule has 2 atom stereocenters. The zero-order valence-corrected chi connectivity index (χ0v) is 16.0. The summed E-state index contributed by atoms with van der Waals surface area (Å²) in [5, 5.41) is 0. The van der Waals surface area contributed by atoms with Crippen LogP contribution in [0.5, 0.6) is 0 Å². The summed E-state index contributed by atoms with van der Waals surface area (Å²) >= 11 is 0. The van der Waals surface area contributed by atoms with Crippen LogP contribution in [0.4, 0.5) is 0 Å². The lowest BCUT2D eigenvalue weighted by Crippen LogP contribution is -2.55. The molecule has 4 rings (SSSR count). The molecule has 2 aromatic rings. The second kappa shape index (κ2) is 7.58. The normalized spacial score (nSPS) is 20.2. The van der Waals surface area contributed by atoms with Gasteiger partial charge in [-0.25, -0.2) is 0 Å². The van der Waals surface area contributed by atoms with Crippen molar-refractivity contribution in [3.8, 4) is 0 Å². The lowest BCUT2D eigenvalue weighted by molar-refractivity contribution is -0.138. The predicted molar refractivity (Wildman–Crippen MR) is 106 cm³/mol. The van der Waals surface area contributed by atoms with Gasteiger partial charge in [0.15, 0.2) is 0 Å². The highest BCUT2D eigenvalue weighted by atomic mass is 16.2. The maximum Gasteiger partial charge on any atom is 0.262 e. The van der Waals surface area contributed by atoms with E-state index in [1.807, 2.05) is 42.2 Å². The van der Waals surface area contributed by atoms with Crippen LogP contribution in [0.15, 0.2) is 54.6 Å². The van der Waals surface area contributed by atoms with Crippen LogP contribution in [-0.4, -0.2) is 46.1 Å². The molecule has 0 aliphatic carbocycles. The molecule has 0 saturated carbocycles. The van der Waals surface area contributed by atoms with Crippen LogP contribution < -0.4 is 0 Å². The summed E-state index contributed by atoms with van der Waals surface area (Å²) in [6.45, 7) is 2.72. The maximum atomic E-state index is 13.5. The molecule has 2 aliphatic heterocycles. The fourth-order valence-electron chi connectivity index (χ4n) is 4.23. The van der Waals surface area contributed by atoms with E-state index in [-0.39, 0.29) is 23.8 Å². The highest BCUT2D eigenvalue weighted by Crippen LogP contribution is 2.28. The number of amides is 3. The molecule has 2 aliphatic rings. The van der Waals surface area contributed by atoms with Crippen LogP contribution >= 0.6 is 0 Å². The molecule has 0 spiro atoms. The number of rotatable bonds is 4. The number of benzene rings is 2. The van der Waals surface area contributed by atoms with Gasteiger partial charge < -0.3 is 4.90 Å². The largest absolute Gasteiger partial charge is 0.338 e. The summed E-state index contributed by atoms with van der Waals surface area (Å²) in [5.41, 5.74) is 1.69. The Morgan fingerprint density at radius 3 is 2.18 bits per heavy atom. The summed E-state index contributed by atoms with van der Waals surface area (Å²) in [7, 11) is 0. The standard InChI is InChI=1S/C23H24N2O3/c1-16-9-7-8-14-24(16)23(28)20(15-17-10-3-2-4-11-17)25-21(26)18-12-5-6-13-19(18)22(25)27/h2-6,10-13,16,20H,7-9,14-15H2,1H3/t16-,20-/m0/s1. The highest BCUT2D eigenvalue weighted by Gasteiger charge is 2.44. The van der Waals surface area contributed by atoms with Crippen molar-refractivity contribution in [1.29, 1.82) is 0 Å². The number of carbonyl (C=O) groups excluding carboxylic acids is 3. The average molecular weight is 376 g/mol. The summed E-state index contributed by atoms with van der Waals surface area (Å²) in [4.78, 5) is 42.6. The number of piperidine rings is 1. The topological polar surface area (TPSA) is 57.7 Å². The third-order valence-electron chi connectivity index (χ3n) is 5.78. The van der Waals surface area contributed by atoms with Crippen molar-refractivity contribution >= 4 is 17.7 Å². The average Bonchev–Trinajstić information content (AvgIpc) is 2.98. The molecule has 0 unspecified atom stereocenters. The van der Waals surface area contributed by atoms with Gasteiger partial charge in [-0.2, -0.15) is 0 Å². The fraction of sp³-hybridized carbons (Fsp3) is 0.348. The summed E-state index contributed by atoms with van der Waals surface area (Å²) < 4.78 is 0. The van der Waals surface area contributed by atoms with Gasteiger partial charge in [0.2, 0.25) is 5.91 Å². The van der Waals surface area contributed by atoms with E-state index in [1.54, 1.807) is 24.3 Å². The smallest absolute Gasteiger partial charge is 0.262 e. The Balaban J connectivity index is 1.70. The Bertz CT molecular complexity index is 874. The van der Waals surface area contributed by atoms with Gasteiger partial charge in [0.1, 0.15) is 6.04 Å². The first-order chi connectivity index (χ1) is 13.6. The van der Waals surface area contributed by atoms with E-state index in [9.17, 15) is 14.4 Å². The molecule has 0 N–H and O–H groups in total. The van der Waals surface area contributed by atoms with Gasteiger partial charge in [-0.15, -0.1) is 0 Å². The van der Waals surface area contributed by atoms with Gasteiger partial charge in [0, 0.05) is 19.0 Å². The number of nitrogens with zero attached hydrogens (tertiary/aromatic N) is 2. The molecular formula is C23H24N2O3. The van der Waals surface area contributed by atoms with E-state index < -0.39 is 6.04 Å². The van der Waals surface area contributed by atoms with Crippen molar-refractivity contribution in [2.45, 2.75) is 44.7 Å². The Kier molecular flexibility index (Phi) is 4.99. The second-order valence-corrected chi connectivity index (χ2v) is 7.61. The minimum atomic E-state index is -0.824. The van der Waals surface area contributed by atoms with Crippen LogP contribution in [0.3, 0.4) is 0 Å². The number of carbonyl (C=O) groups is 3. The SMILES string of the molecule is C[C@H]1CCCCN1C(=O)[C@H](Cc1ccccc1)N1C(=O)c2ccccc2C1=O. The van der Waals surface area contributed by atoms with E-state index in [0.717, 1.165) is 24.8 Å². The monoisotopic (exact) mass is 376 g/mol.